The Bertz CT molecular complexity index is 713. The molecule has 0 N–H and O–H groups in total. The average Bonchev–Trinajstić information content (AvgIpc) is 3.02. The van der Waals surface area contributed by atoms with Gasteiger partial charge in [0.25, 0.3) is 0 Å². The van der Waals surface area contributed by atoms with Crippen molar-refractivity contribution in [1.29, 1.82) is 0 Å². The fourth-order valence-electron chi connectivity index (χ4n) is 2.64. The monoisotopic (exact) mass is 296 g/mol. The van der Waals surface area contributed by atoms with Crippen LogP contribution >= 0.6 is 0 Å². The summed E-state index contributed by atoms with van der Waals surface area (Å²) in [5.41, 5.74) is 3.20. The molecule has 1 aliphatic rings. The van der Waals surface area contributed by atoms with E-state index in [1.165, 1.54) is 29.7 Å². The molecule has 1 aromatic heterocycles. The maximum atomic E-state index is 12.4. The van der Waals surface area contributed by atoms with Gasteiger partial charge in [-0.2, -0.15) is 0 Å². The van der Waals surface area contributed by atoms with Crippen LogP contribution in [0, 0.1) is 0 Å². The Morgan fingerprint density at radius 3 is 2.77 bits per heavy atom. The highest BCUT2D eigenvalue weighted by atomic mass is 16.5. The van der Waals surface area contributed by atoms with Gasteiger partial charge in [0.2, 0.25) is 5.78 Å². The minimum atomic E-state index is -0.853. The number of nitrogens with zero attached hydrogens (tertiary/aromatic N) is 2. The van der Waals surface area contributed by atoms with Crippen molar-refractivity contribution in [3.05, 3.63) is 59.2 Å². The van der Waals surface area contributed by atoms with Crippen molar-refractivity contribution in [2.45, 2.75) is 32.3 Å². The summed E-state index contributed by atoms with van der Waals surface area (Å²) in [5.74, 6) is -0.845. The van der Waals surface area contributed by atoms with Crippen LogP contribution in [0.3, 0.4) is 0 Å². The van der Waals surface area contributed by atoms with Crippen LogP contribution in [0.5, 0.6) is 0 Å². The molecule has 1 heterocycles. The molecule has 0 bridgehead atoms. The summed E-state index contributed by atoms with van der Waals surface area (Å²) in [6.45, 7) is 1.57. The van der Waals surface area contributed by atoms with E-state index < -0.39 is 12.1 Å². The number of aromatic nitrogens is 2. The number of rotatable bonds is 4. The Kier molecular flexibility index (Phi) is 3.96. The predicted octanol–water partition coefficient (Wildman–Crippen LogP) is 2.39. The molecule has 5 nitrogen and oxygen atoms in total. The van der Waals surface area contributed by atoms with Gasteiger partial charge in [-0.15, -0.1) is 0 Å². The second-order valence-corrected chi connectivity index (χ2v) is 5.34. The van der Waals surface area contributed by atoms with E-state index in [2.05, 4.69) is 9.97 Å². The Hall–Kier alpha value is -2.56. The Morgan fingerprint density at radius 2 is 2.00 bits per heavy atom. The minimum Gasteiger partial charge on any atom is -0.449 e. The third-order valence-corrected chi connectivity index (χ3v) is 3.81. The number of hydrogen-bond acceptors (Lipinski definition) is 5. The molecule has 0 saturated carbocycles. The molecule has 0 radical (unpaired) electrons. The van der Waals surface area contributed by atoms with E-state index in [1.807, 2.05) is 12.1 Å². The highest BCUT2D eigenvalue weighted by Crippen LogP contribution is 2.23. The number of ether oxygens (including phenoxy) is 1. The second kappa shape index (κ2) is 6.05. The number of fused-ring (bicyclic) bond motifs is 1. The van der Waals surface area contributed by atoms with Gasteiger partial charge in [0.1, 0.15) is 0 Å². The quantitative estimate of drug-likeness (QED) is 0.640. The van der Waals surface area contributed by atoms with Gasteiger partial charge in [-0.05, 0) is 43.4 Å². The van der Waals surface area contributed by atoms with Crippen LogP contribution in [-0.4, -0.2) is 27.8 Å². The summed E-state index contributed by atoms with van der Waals surface area (Å²) in [5, 5.41) is 0. The smallest absolute Gasteiger partial charge is 0.359 e. The number of ketones is 1. The number of hydrogen-bond donors (Lipinski definition) is 0. The molecule has 0 saturated heterocycles. The van der Waals surface area contributed by atoms with E-state index in [0.29, 0.717) is 5.56 Å². The van der Waals surface area contributed by atoms with Crippen molar-refractivity contribution in [3.63, 3.8) is 0 Å². The summed E-state index contributed by atoms with van der Waals surface area (Å²) in [4.78, 5) is 32.0. The molecule has 3 rings (SSSR count). The van der Waals surface area contributed by atoms with E-state index in [4.69, 9.17) is 4.74 Å². The molecule has 112 valence electrons. The molecule has 0 spiro atoms. The summed E-state index contributed by atoms with van der Waals surface area (Å²) in [6.07, 6.45) is 6.54. The first-order valence-corrected chi connectivity index (χ1v) is 7.28. The summed E-state index contributed by atoms with van der Waals surface area (Å²) >= 11 is 0. The molecule has 1 atom stereocenters. The Balaban J connectivity index is 1.71. The Labute approximate surface area is 128 Å². The van der Waals surface area contributed by atoms with Gasteiger partial charge in [-0.1, -0.05) is 12.1 Å². The van der Waals surface area contributed by atoms with Crippen LogP contribution in [-0.2, 0) is 17.6 Å². The van der Waals surface area contributed by atoms with Crippen molar-refractivity contribution in [2.75, 3.05) is 0 Å². The first-order valence-electron chi connectivity index (χ1n) is 7.28. The first-order chi connectivity index (χ1) is 10.6. The zero-order valence-corrected chi connectivity index (χ0v) is 12.3. The third-order valence-electron chi connectivity index (χ3n) is 3.81. The van der Waals surface area contributed by atoms with E-state index in [9.17, 15) is 9.59 Å². The van der Waals surface area contributed by atoms with Gasteiger partial charge in [-0.25, -0.2) is 9.78 Å². The summed E-state index contributed by atoms with van der Waals surface area (Å²) in [6, 6.07) is 5.71. The lowest BCUT2D eigenvalue weighted by Crippen LogP contribution is -2.25. The number of Topliss-reactive ketones (excluding diaryl/α,β-unsaturated/α-hetero) is 1. The fraction of sp³-hybridized carbons (Fsp3) is 0.294. The first kappa shape index (κ1) is 14.4. The number of carbonyl (C=O) groups is 2. The van der Waals surface area contributed by atoms with Crippen molar-refractivity contribution in [2.24, 2.45) is 0 Å². The largest absolute Gasteiger partial charge is 0.449 e. The topological polar surface area (TPSA) is 69.2 Å². The molecular formula is C17H16N2O3. The van der Waals surface area contributed by atoms with Gasteiger partial charge in [0, 0.05) is 18.0 Å². The normalized spacial score (nSPS) is 14.2. The predicted molar refractivity (Wildman–Crippen MR) is 79.7 cm³/mol. The number of carbonyl (C=O) groups excluding carboxylic acids is 2. The van der Waals surface area contributed by atoms with Gasteiger partial charge in [-0.3, -0.25) is 9.78 Å². The van der Waals surface area contributed by atoms with Crippen molar-refractivity contribution < 1.29 is 14.3 Å². The SMILES string of the molecule is CC(OC(=O)c1cnccn1)C(=O)c1ccc2c(c1)CCC2. The zero-order valence-electron chi connectivity index (χ0n) is 12.3. The van der Waals surface area contributed by atoms with Crippen LogP contribution in [0.2, 0.25) is 0 Å². The molecule has 1 aliphatic carbocycles. The Morgan fingerprint density at radius 1 is 1.18 bits per heavy atom. The number of aryl methyl sites for hydroxylation is 2. The van der Waals surface area contributed by atoms with Crippen LogP contribution in [0.25, 0.3) is 0 Å². The van der Waals surface area contributed by atoms with Gasteiger partial charge in [0.05, 0.1) is 6.20 Å². The lowest BCUT2D eigenvalue weighted by atomic mass is 10.0. The highest BCUT2D eigenvalue weighted by Gasteiger charge is 2.22. The molecular weight excluding hydrogens is 280 g/mol. The molecule has 0 fully saturated rings. The molecule has 1 aromatic carbocycles. The van der Waals surface area contributed by atoms with Crippen LogP contribution in [0.1, 0.15) is 45.3 Å². The molecule has 2 aromatic rings. The van der Waals surface area contributed by atoms with Gasteiger partial charge in [0.15, 0.2) is 11.8 Å². The van der Waals surface area contributed by atoms with E-state index >= 15 is 0 Å². The van der Waals surface area contributed by atoms with E-state index in [-0.39, 0.29) is 11.5 Å². The molecule has 1 unspecified atom stereocenters. The minimum absolute atomic E-state index is 0.0936. The summed E-state index contributed by atoms with van der Waals surface area (Å²) < 4.78 is 5.18. The van der Waals surface area contributed by atoms with Crippen molar-refractivity contribution in [3.8, 4) is 0 Å². The second-order valence-electron chi connectivity index (χ2n) is 5.34. The standard InChI is InChI=1S/C17H16N2O3/c1-11(22-17(21)15-10-18-7-8-19-15)16(20)14-6-5-12-3-2-4-13(12)9-14/h5-11H,2-4H2,1H3. The van der Waals surface area contributed by atoms with Crippen LogP contribution < -0.4 is 0 Å². The average molecular weight is 296 g/mol. The van der Waals surface area contributed by atoms with Crippen molar-refractivity contribution >= 4 is 11.8 Å². The lowest BCUT2D eigenvalue weighted by molar-refractivity contribution is 0.0312. The van der Waals surface area contributed by atoms with Crippen LogP contribution in [0.4, 0.5) is 0 Å². The lowest BCUT2D eigenvalue weighted by Gasteiger charge is -2.12. The highest BCUT2D eigenvalue weighted by molar-refractivity contribution is 6.01. The van der Waals surface area contributed by atoms with Gasteiger partial charge < -0.3 is 4.74 Å². The zero-order chi connectivity index (χ0) is 15.5. The molecule has 5 heteroatoms. The number of benzene rings is 1. The van der Waals surface area contributed by atoms with E-state index in [0.717, 1.165) is 19.3 Å². The fourth-order valence-corrected chi connectivity index (χ4v) is 2.64. The summed E-state index contributed by atoms with van der Waals surface area (Å²) in [7, 11) is 0. The third kappa shape index (κ3) is 2.88. The molecule has 0 aliphatic heterocycles. The molecule has 0 amide bonds. The van der Waals surface area contributed by atoms with Crippen LogP contribution in [0.15, 0.2) is 36.8 Å². The maximum absolute atomic E-state index is 12.4. The number of esters is 1. The van der Waals surface area contributed by atoms with Gasteiger partial charge >= 0.3 is 5.97 Å². The molecule has 22 heavy (non-hydrogen) atoms. The van der Waals surface area contributed by atoms with Crippen molar-refractivity contribution in [1.82, 2.24) is 9.97 Å². The van der Waals surface area contributed by atoms with E-state index in [1.54, 1.807) is 13.0 Å². The maximum Gasteiger partial charge on any atom is 0.359 e.